The monoisotopic (exact) mass is 954 g/mol. The highest BCUT2D eigenvalue weighted by atomic mass is 16.3. The molecule has 4 fully saturated rings. The quantitative estimate of drug-likeness (QED) is 0.119. The van der Waals surface area contributed by atoms with Crippen molar-refractivity contribution in [1.82, 2.24) is 15.5 Å². The standard InChI is InChI=1S/C57H62N8O6/c1-40(12-10-21-51(67)60-36-43-15-9-8-14-42(43)33-48(60)37-66)57(71)49-34-47(63-39-65(45-18-6-3-7-19-45)56(53(63)69)26-30-59-31-27-56)22-23-50(49)61(54(57)70)35-41-13-11-20-46(32-41)62-38-64(44-16-4-2-5-17-44)55(52(62)68)24-28-58-29-25-55/h2-20,22-23,32,34,40,48,58-59,66,71H,21,24-31,33,35-39H2,1H3/b12-10+/t40-,48-,57+/m0/s1. The Bertz CT molecular complexity index is 2870. The lowest BCUT2D eigenvalue weighted by molar-refractivity contribution is -0.139. The minimum Gasteiger partial charge on any atom is -0.394 e. The van der Waals surface area contributed by atoms with Gasteiger partial charge in [0.25, 0.3) is 17.7 Å². The first-order valence-corrected chi connectivity index (χ1v) is 25.2. The second-order valence-electron chi connectivity index (χ2n) is 20.1. The van der Waals surface area contributed by atoms with E-state index in [0.717, 1.165) is 46.8 Å². The topological polar surface area (TPSA) is 152 Å². The molecule has 0 radical (unpaired) electrons. The predicted octanol–water partition coefficient (Wildman–Crippen LogP) is 5.82. The average molecular weight is 955 g/mol. The number of amides is 4. The summed E-state index contributed by atoms with van der Waals surface area (Å²) >= 11 is 0. The zero-order valence-corrected chi connectivity index (χ0v) is 40.3. The van der Waals surface area contributed by atoms with Crippen LogP contribution in [0.25, 0.3) is 0 Å². The van der Waals surface area contributed by atoms with Crippen LogP contribution in [0.15, 0.2) is 140 Å². The molecule has 6 heterocycles. The molecule has 14 nitrogen and oxygen atoms in total. The lowest BCUT2D eigenvalue weighted by Crippen LogP contribution is -2.55. The molecule has 4 saturated heterocycles. The molecule has 6 aliphatic heterocycles. The number of carbonyl (C=O) groups excluding carboxylic acids is 4. The zero-order valence-electron chi connectivity index (χ0n) is 40.3. The van der Waals surface area contributed by atoms with Gasteiger partial charge in [-0.15, -0.1) is 0 Å². The van der Waals surface area contributed by atoms with Crippen molar-refractivity contribution in [2.45, 2.75) is 81.3 Å². The first-order valence-electron chi connectivity index (χ1n) is 25.2. The van der Waals surface area contributed by atoms with Crippen molar-refractivity contribution in [1.29, 1.82) is 0 Å². The van der Waals surface area contributed by atoms with Gasteiger partial charge in [0.2, 0.25) is 5.91 Å². The molecule has 14 heteroatoms. The fraction of sp³-hybridized carbons (Fsp3) is 0.368. The second kappa shape index (κ2) is 18.7. The fourth-order valence-corrected chi connectivity index (χ4v) is 12.3. The summed E-state index contributed by atoms with van der Waals surface area (Å²) in [5.74, 6) is -1.46. The van der Waals surface area contributed by atoms with Crippen LogP contribution in [-0.2, 0) is 44.3 Å². The lowest BCUT2D eigenvalue weighted by atomic mass is 9.82. The van der Waals surface area contributed by atoms with Gasteiger partial charge in [-0.3, -0.25) is 29.0 Å². The van der Waals surface area contributed by atoms with Crippen molar-refractivity contribution in [2.75, 3.05) is 70.6 Å². The molecule has 3 atom stereocenters. The van der Waals surface area contributed by atoms with Crippen molar-refractivity contribution in [3.8, 4) is 0 Å². The van der Waals surface area contributed by atoms with Crippen molar-refractivity contribution >= 4 is 52.1 Å². The van der Waals surface area contributed by atoms with E-state index >= 15 is 4.79 Å². The zero-order chi connectivity index (χ0) is 48.9. The van der Waals surface area contributed by atoms with Gasteiger partial charge in [0.05, 0.1) is 38.2 Å². The molecule has 0 aromatic heterocycles. The van der Waals surface area contributed by atoms with Crippen molar-refractivity contribution in [3.05, 3.63) is 162 Å². The van der Waals surface area contributed by atoms with Gasteiger partial charge in [-0.2, -0.15) is 0 Å². The summed E-state index contributed by atoms with van der Waals surface area (Å²) in [6, 6.07) is 40.9. The normalized spacial score (nSPS) is 23.1. The molecular formula is C57H62N8O6. The molecule has 4 N–H and O–H groups in total. The van der Waals surface area contributed by atoms with E-state index < -0.39 is 28.5 Å². The summed E-state index contributed by atoms with van der Waals surface area (Å²) in [5.41, 5.74) is 3.57. The number of nitrogens with one attached hydrogen (secondary N) is 2. The predicted molar refractivity (Wildman–Crippen MR) is 275 cm³/mol. The van der Waals surface area contributed by atoms with E-state index in [0.29, 0.717) is 82.0 Å². The molecular weight excluding hydrogens is 893 g/mol. The minimum atomic E-state index is -2.07. The largest absolute Gasteiger partial charge is 0.394 e. The van der Waals surface area contributed by atoms with E-state index in [1.807, 2.05) is 114 Å². The third-order valence-electron chi connectivity index (χ3n) is 16.3. The maximum Gasteiger partial charge on any atom is 0.264 e. The summed E-state index contributed by atoms with van der Waals surface area (Å²) in [7, 11) is 0. The highest BCUT2D eigenvalue weighted by Crippen LogP contribution is 2.49. The van der Waals surface area contributed by atoms with E-state index in [9.17, 15) is 24.6 Å². The average Bonchev–Trinajstić information content (AvgIpc) is 3.93. The molecule has 0 bridgehead atoms. The Balaban J connectivity index is 0.914. The number of para-hydroxylation sites is 2. The Morgan fingerprint density at radius 2 is 1.23 bits per heavy atom. The maximum absolute atomic E-state index is 15.2. The lowest BCUT2D eigenvalue weighted by Gasteiger charge is -2.39. The van der Waals surface area contributed by atoms with E-state index in [2.05, 4.69) is 32.6 Å². The molecule has 5 aromatic carbocycles. The van der Waals surface area contributed by atoms with E-state index in [1.165, 1.54) is 0 Å². The Morgan fingerprint density at radius 3 is 1.82 bits per heavy atom. The van der Waals surface area contributed by atoms with Crippen LogP contribution in [0, 0.1) is 5.92 Å². The molecule has 0 aliphatic carbocycles. The van der Waals surface area contributed by atoms with Gasteiger partial charge in [-0.05, 0) is 130 Å². The number of nitrogens with zero attached hydrogens (tertiary/aromatic N) is 6. The number of rotatable bonds is 11. The van der Waals surface area contributed by atoms with Crippen LogP contribution in [0.4, 0.5) is 28.4 Å². The number of aliphatic hydroxyl groups is 2. The van der Waals surface area contributed by atoms with Gasteiger partial charge in [0, 0.05) is 47.2 Å². The Kier molecular flexibility index (Phi) is 12.3. The SMILES string of the molecule is C[C@@H](/C=C/CC(=O)N1Cc2ccccc2C[C@H]1CO)[C@]1(O)C(=O)N(Cc2cccc(N3CN(c4ccccc4)C4(CCNCC4)C3=O)c2)c2ccc(N3CN(c4ccccc4)C4(CCNCC4)C3=O)cc21. The summed E-state index contributed by atoms with van der Waals surface area (Å²) in [4.78, 5) is 69.9. The molecule has 366 valence electrons. The molecule has 5 aromatic rings. The van der Waals surface area contributed by atoms with Gasteiger partial charge in [0.15, 0.2) is 5.60 Å². The highest BCUT2D eigenvalue weighted by Gasteiger charge is 2.57. The molecule has 11 rings (SSSR count). The van der Waals surface area contributed by atoms with Crippen LogP contribution in [0.1, 0.15) is 61.3 Å². The number of hydrogen-bond donors (Lipinski definition) is 4. The van der Waals surface area contributed by atoms with E-state index in [-0.39, 0.29) is 43.3 Å². The summed E-state index contributed by atoms with van der Waals surface area (Å²) in [5, 5.41) is 30.3. The molecule has 6 aliphatic rings. The van der Waals surface area contributed by atoms with Crippen LogP contribution < -0.4 is 35.1 Å². The molecule has 0 saturated carbocycles. The van der Waals surface area contributed by atoms with Crippen LogP contribution in [0.3, 0.4) is 0 Å². The second-order valence-corrected chi connectivity index (χ2v) is 20.1. The smallest absolute Gasteiger partial charge is 0.264 e. The van der Waals surface area contributed by atoms with Crippen molar-refractivity contribution < 1.29 is 29.4 Å². The molecule has 71 heavy (non-hydrogen) atoms. The number of anilines is 5. The third-order valence-corrected chi connectivity index (χ3v) is 16.3. The number of piperidine rings is 2. The number of fused-ring (bicyclic) bond motifs is 2. The number of benzene rings is 5. The van der Waals surface area contributed by atoms with Gasteiger partial charge >= 0.3 is 0 Å². The Labute approximate surface area is 415 Å². The summed E-state index contributed by atoms with van der Waals surface area (Å²) in [6.45, 7) is 5.67. The van der Waals surface area contributed by atoms with Gasteiger partial charge in [-0.25, -0.2) is 0 Å². The first kappa shape index (κ1) is 46.5. The third kappa shape index (κ3) is 7.88. The van der Waals surface area contributed by atoms with Gasteiger partial charge in [0.1, 0.15) is 11.1 Å². The summed E-state index contributed by atoms with van der Waals surface area (Å²) < 4.78 is 0. The number of carbonyl (C=O) groups is 4. The molecule has 2 spiro atoms. The maximum atomic E-state index is 15.2. The number of aliphatic hydroxyl groups excluding tert-OH is 1. The van der Waals surface area contributed by atoms with E-state index in [4.69, 9.17) is 0 Å². The Morgan fingerprint density at radius 1 is 0.676 bits per heavy atom. The van der Waals surface area contributed by atoms with Crippen molar-refractivity contribution in [3.63, 3.8) is 0 Å². The minimum absolute atomic E-state index is 0.0138. The Hall–Kier alpha value is -6.84. The highest BCUT2D eigenvalue weighted by molar-refractivity contribution is 6.10. The number of hydrogen-bond acceptors (Lipinski definition) is 10. The van der Waals surface area contributed by atoms with Gasteiger partial charge < -0.3 is 40.4 Å². The van der Waals surface area contributed by atoms with E-state index in [1.54, 1.807) is 39.8 Å². The van der Waals surface area contributed by atoms with Crippen LogP contribution >= 0.6 is 0 Å². The van der Waals surface area contributed by atoms with Crippen molar-refractivity contribution in [2.24, 2.45) is 5.92 Å². The van der Waals surface area contributed by atoms with Crippen LogP contribution in [0.2, 0.25) is 0 Å². The first-order chi connectivity index (χ1) is 34.6. The fourth-order valence-electron chi connectivity index (χ4n) is 12.3. The van der Waals surface area contributed by atoms with Gasteiger partial charge in [-0.1, -0.05) is 91.9 Å². The molecule has 0 unspecified atom stereocenters. The van der Waals surface area contributed by atoms with Crippen LogP contribution in [0.5, 0.6) is 0 Å². The molecule has 4 amide bonds. The summed E-state index contributed by atoms with van der Waals surface area (Å²) in [6.07, 6.45) is 6.64. The van der Waals surface area contributed by atoms with Crippen LogP contribution in [-0.4, -0.2) is 102 Å².